The van der Waals surface area contributed by atoms with Crippen LogP contribution in [-0.4, -0.2) is 19.0 Å². The summed E-state index contributed by atoms with van der Waals surface area (Å²) in [5.41, 5.74) is 2.21. The fraction of sp³-hybridized carbons (Fsp3) is 0.304. The number of benzene rings is 2. The molecule has 0 saturated carbocycles. The van der Waals surface area contributed by atoms with Gasteiger partial charge in [0.25, 0.3) is 5.91 Å². The second kappa shape index (κ2) is 8.30. The van der Waals surface area contributed by atoms with Crippen molar-refractivity contribution in [3.05, 3.63) is 71.5 Å². The molecule has 2 aromatic carbocycles. The molecule has 28 heavy (non-hydrogen) atoms. The maximum atomic E-state index is 13.3. The van der Waals surface area contributed by atoms with E-state index in [1.807, 2.05) is 61.5 Å². The molecule has 0 N–H and O–H groups in total. The van der Waals surface area contributed by atoms with E-state index in [2.05, 4.69) is 0 Å². The second-order valence-electron chi connectivity index (χ2n) is 6.83. The number of hydrogen-bond acceptors (Lipinski definition) is 4. The molecule has 5 heteroatoms. The molecule has 0 saturated heterocycles. The monoisotopic (exact) mass is 379 g/mol. The number of methoxy groups -OCH3 is 1. The summed E-state index contributed by atoms with van der Waals surface area (Å²) < 4.78 is 10.8. The van der Waals surface area contributed by atoms with Crippen LogP contribution in [0, 0.1) is 5.92 Å². The van der Waals surface area contributed by atoms with Crippen LogP contribution in [0.1, 0.15) is 38.8 Å². The molecule has 0 aliphatic carbocycles. The Kier molecular flexibility index (Phi) is 5.83. The van der Waals surface area contributed by atoms with E-state index in [0.29, 0.717) is 11.3 Å². The summed E-state index contributed by atoms with van der Waals surface area (Å²) in [5, 5.41) is 0. The SMILES string of the molecule is CCC(=O)OC1=C(C)C(=O)N(c2ccc(OC)cc2)[C@H](c2ccccc2)[C@H]1C. The fourth-order valence-electron chi connectivity index (χ4n) is 3.59. The minimum atomic E-state index is -0.335. The van der Waals surface area contributed by atoms with Crippen LogP contribution in [0.15, 0.2) is 65.9 Å². The van der Waals surface area contributed by atoms with Gasteiger partial charge in [0.15, 0.2) is 0 Å². The Morgan fingerprint density at radius 2 is 1.71 bits per heavy atom. The third kappa shape index (κ3) is 3.65. The molecule has 1 heterocycles. The molecule has 0 unspecified atom stereocenters. The van der Waals surface area contributed by atoms with Crippen molar-refractivity contribution in [3.8, 4) is 5.75 Å². The Balaban J connectivity index is 2.12. The molecule has 5 nitrogen and oxygen atoms in total. The lowest BCUT2D eigenvalue weighted by atomic mass is 9.85. The lowest BCUT2D eigenvalue weighted by molar-refractivity contribution is -0.140. The van der Waals surface area contributed by atoms with Gasteiger partial charge < -0.3 is 14.4 Å². The standard InChI is InChI=1S/C23H25NO4/c1-5-20(25)28-22-15(2)21(17-9-7-6-8-10-17)24(23(26)16(22)3)18-11-13-19(27-4)14-12-18/h6-15,21H,5H2,1-4H3/t15-,21+/m1/s1. The van der Waals surface area contributed by atoms with Crippen molar-refractivity contribution in [1.82, 2.24) is 0 Å². The first-order valence-corrected chi connectivity index (χ1v) is 9.42. The number of carbonyl (C=O) groups is 2. The molecule has 0 fully saturated rings. The van der Waals surface area contributed by atoms with Gasteiger partial charge in [-0.05, 0) is 36.8 Å². The zero-order chi connectivity index (χ0) is 20.3. The number of ether oxygens (including phenoxy) is 2. The molecule has 1 aliphatic rings. The predicted octanol–water partition coefficient (Wildman–Crippen LogP) is 4.65. The van der Waals surface area contributed by atoms with E-state index in [0.717, 1.165) is 17.0 Å². The normalized spacial score (nSPS) is 19.6. The molecular formula is C23H25NO4. The van der Waals surface area contributed by atoms with Crippen LogP contribution in [0.5, 0.6) is 5.75 Å². The van der Waals surface area contributed by atoms with Crippen LogP contribution in [-0.2, 0) is 14.3 Å². The fourth-order valence-corrected chi connectivity index (χ4v) is 3.59. The maximum absolute atomic E-state index is 13.3. The minimum absolute atomic E-state index is 0.170. The Hall–Kier alpha value is -3.08. The lowest BCUT2D eigenvalue weighted by Crippen LogP contribution is -2.44. The molecule has 3 rings (SSSR count). The summed E-state index contributed by atoms with van der Waals surface area (Å²) in [4.78, 5) is 27.1. The number of carbonyl (C=O) groups excluding carboxylic acids is 2. The van der Waals surface area contributed by atoms with Crippen molar-refractivity contribution in [2.75, 3.05) is 12.0 Å². The molecule has 0 spiro atoms. The first-order valence-electron chi connectivity index (χ1n) is 9.42. The lowest BCUT2D eigenvalue weighted by Gasteiger charge is -2.41. The highest BCUT2D eigenvalue weighted by molar-refractivity contribution is 6.07. The van der Waals surface area contributed by atoms with Gasteiger partial charge in [0.2, 0.25) is 0 Å². The molecule has 0 bridgehead atoms. The highest BCUT2D eigenvalue weighted by Gasteiger charge is 2.41. The Morgan fingerprint density at radius 1 is 1.07 bits per heavy atom. The molecule has 146 valence electrons. The molecule has 2 aromatic rings. The van der Waals surface area contributed by atoms with Gasteiger partial charge in [0.05, 0.1) is 18.7 Å². The van der Waals surface area contributed by atoms with E-state index in [-0.39, 0.29) is 30.3 Å². The summed E-state index contributed by atoms with van der Waals surface area (Å²) in [6.07, 6.45) is 0.260. The highest BCUT2D eigenvalue weighted by atomic mass is 16.5. The number of hydrogen-bond donors (Lipinski definition) is 0. The summed E-state index contributed by atoms with van der Waals surface area (Å²) in [5.74, 6) is 0.491. The topological polar surface area (TPSA) is 55.8 Å². The van der Waals surface area contributed by atoms with Gasteiger partial charge in [0, 0.05) is 18.0 Å². The van der Waals surface area contributed by atoms with Crippen LogP contribution < -0.4 is 9.64 Å². The number of rotatable bonds is 5. The van der Waals surface area contributed by atoms with E-state index in [1.54, 1.807) is 25.9 Å². The van der Waals surface area contributed by atoms with Crippen molar-refractivity contribution >= 4 is 17.6 Å². The second-order valence-corrected chi connectivity index (χ2v) is 6.83. The predicted molar refractivity (Wildman–Crippen MR) is 108 cm³/mol. The van der Waals surface area contributed by atoms with Crippen LogP contribution in [0.4, 0.5) is 5.69 Å². The summed E-state index contributed by atoms with van der Waals surface area (Å²) >= 11 is 0. The van der Waals surface area contributed by atoms with E-state index in [1.165, 1.54) is 0 Å². The van der Waals surface area contributed by atoms with Crippen molar-refractivity contribution in [2.24, 2.45) is 5.92 Å². The number of esters is 1. The van der Waals surface area contributed by atoms with Crippen LogP contribution in [0.25, 0.3) is 0 Å². The molecule has 1 amide bonds. The molecule has 0 aromatic heterocycles. The van der Waals surface area contributed by atoms with Gasteiger partial charge >= 0.3 is 5.97 Å². The van der Waals surface area contributed by atoms with Gasteiger partial charge in [-0.25, -0.2) is 0 Å². The van der Waals surface area contributed by atoms with E-state index < -0.39 is 0 Å². The minimum Gasteiger partial charge on any atom is -0.497 e. The van der Waals surface area contributed by atoms with Crippen LogP contribution in [0.3, 0.4) is 0 Å². The largest absolute Gasteiger partial charge is 0.497 e. The zero-order valence-corrected chi connectivity index (χ0v) is 16.6. The molecule has 0 radical (unpaired) electrons. The number of nitrogens with zero attached hydrogens (tertiary/aromatic N) is 1. The molecular weight excluding hydrogens is 354 g/mol. The average molecular weight is 379 g/mol. The van der Waals surface area contributed by atoms with Crippen LogP contribution in [0.2, 0.25) is 0 Å². The van der Waals surface area contributed by atoms with Crippen molar-refractivity contribution in [1.29, 1.82) is 0 Å². The number of anilines is 1. The third-order valence-corrected chi connectivity index (χ3v) is 5.08. The van der Waals surface area contributed by atoms with E-state index in [9.17, 15) is 9.59 Å². The Labute approximate surface area is 165 Å². The van der Waals surface area contributed by atoms with E-state index in [4.69, 9.17) is 9.47 Å². The first kappa shape index (κ1) is 19.7. The van der Waals surface area contributed by atoms with Crippen molar-refractivity contribution in [2.45, 2.75) is 33.2 Å². The van der Waals surface area contributed by atoms with Gasteiger partial charge in [-0.3, -0.25) is 9.59 Å². The van der Waals surface area contributed by atoms with Gasteiger partial charge in [-0.2, -0.15) is 0 Å². The molecule has 2 atom stereocenters. The summed E-state index contributed by atoms with van der Waals surface area (Å²) in [7, 11) is 1.61. The van der Waals surface area contributed by atoms with Gasteiger partial charge in [0.1, 0.15) is 11.5 Å². The Morgan fingerprint density at radius 3 is 2.29 bits per heavy atom. The highest BCUT2D eigenvalue weighted by Crippen LogP contribution is 2.43. The summed E-state index contributed by atoms with van der Waals surface area (Å²) in [6, 6.07) is 16.9. The van der Waals surface area contributed by atoms with E-state index >= 15 is 0 Å². The smallest absolute Gasteiger partial charge is 0.310 e. The van der Waals surface area contributed by atoms with Crippen molar-refractivity contribution in [3.63, 3.8) is 0 Å². The number of amides is 1. The third-order valence-electron chi connectivity index (χ3n) is 5.08. The zero-order valence-electron chi connectivity index (χ0n) is 16.6. The average Bonchev–Trinajstić information content (AvgIpc) is 2.74. The Bertz CT molecular complexity index is 887. The summed E-state index contributed by atoms with van der Waals surface area (Å²) in [6.45, 7) is 5.45. The molecule has 1 aliphatic heterocycles. The van der Waals surface area contributed by atoms with Gasteiger partial charge in [-0.15, -0.1) is 0 Å². The maximum Gasteiger partial charge on any atom is 0.310 e. The van der Waals surface area contributed by atoms with Crippen molar-refractivity contribution < 1.29 is 19.1 Å². The van der Waals surface area contributed by atoms with Gasteiger partial charge in [-0.1, -0.05) is 44.2 Å². The van der Waals surface area contributed by atoms with Crippen LogP contribution >= 0.6 is 0 Å². The quantitative estimate of drug-likeness (QED) is 0.710. The first-order chi connectivity index (χ1) is 13.5.